The van der Waals surface area contributed by atoms with Gasteiger partial charge < -0.3 is 5.32 Å². The number of nitrogens with one attached hydrogen (secondary N) is 1. The SMILES string of the molecule is NN1C=CNC1S. The third kappa shape index (κ3) is 0.808. The lowest BCUT2D eigenvalue weighted by molar-refractivity contribution is 0.380. The predicted octanol–water partition coefficient (Wildman–Crippen LogP) is -0.550. The summed E-state index contributed by atoms with van der Waals surface area (Å²) in [7, 11) is 0. The van der Waals surface area contributed by atoms with E-state index >= 15 is 0 Å². The molecule has 1 aliphatic heterocycles. The summed E-state index contributed by atoms with van der Waals surface area (Å²) in [6, 6.07) is 0. The second kappa shape index (κ2) is 1.63. The van der Waals surface area contributed by atoms with Gasteiger partial charge in [-0.15, -0.1) is 12.6 Å². The second-order valence-corrected chi connectivity index (χ2v) is 1.79. The summed E-state index contributed by atoms with van der Waals surface area (Å²) in [5, 5.41) is 4.33. The normalized spacial score (nSPS) is 28.3. The van der Waals surface area contributed by atoms with Crippen molar-refractivity contribution in [2.45, 2.75) is 5.50 Å². The molecule has 0 spiro atoms. The zero-order valence-corrected chi connectivity index (χ0v) is 4.60. The summed E-state index contributed by atoms with van der Waals surface area (Å²) in [6.07, 6.45) is 3.47. The third-order valence-corrected chi connectivity index (χ3v) is 1.19. The first kappa shape index (κ1) is 4.80. The molecule has 3 N–H and O–H groups in total. The number of nitrogens with two attached hydrogens (primary N) is 1. The Morgan fingerprint density at radius 2 is 2.57 bits per heavy atom. The van der Waals surface area contributed by atoms with Gasteiger partial charge in [0.15, 0.2) is 5.50 Å². The molecule has 0 aromatic rings. The monoisotopic (exact) mass is 117 g/mol. The highest BCUT2D eigenvalue weighted by molar-refractivity contribution is 7.80. The van der Waals surface area contributed by atoms with Crippen LogP contribution in [0.25, 0.3) is 0 Å². The van der Waals surface area contributed by atoms with Gasteiger partial charge >= 0.3 is 0 Å². The number of nitrogens with zero attached hydrogens (tertiary/aromatic N) is 1. The van der Waals surface area contributed by atoms with Gasteiger partial charge in [-0.2, -0.15) is 0 Å². The highest BCUT2D eigenvalue weighted by Crippen LogP contribution is 1.99. The zero-order valence-electron chi connectivity index (χ0n) is 3.70. The minimum atomic E-state index is -0.0417. The molecule has 1 rings (SSSR count). The Kier molecular flexibility index (Phi) is 1.12. The maximum atomic E-state index is 5.29. The van der Waals surface area contributed by atoms with Gasteiger partial charge in [0.2, 0.25) is 0 Å². The van der Waals surface area contributed by atoms with E-state index in [9.17, 15) is 0 Å². The Morgan fingerprint density at radius 1 is 1.86 bits per heavy atom. The average Bonchev–Trinajstić information content (AvgIpc) is 1.91. The van der Waals surface area contributed by atoms with Crippen molar-refractivity contribution >= 4 is 12.6 Å². The lowest BCUT2D eigenvalue weighted by Crippen LogP contribution is -2.35. The van der Waals surface area contributed by atoms with Crippen LogP contribution in [-0.2, 0) is 0 Å². The largest absolute Gasteiger partial charge is 0.361 e. The fourth-order valence-electron chi connectivity index (χ4n) is 0.383. The van der Waals surface area contributed by atoms with Crippen LogP contribution in [0.3, 0.4) is 0 Å². The first-order chi connectivity index (χ1) is 3.30. The summed E-state index contributed by atoms with van der Waals surface area (Å²) in [5.74, 6) is 5.29. The summed E-state index contributed by atoms with van der Waals surface area (Å²) in [5.41, 5.74) is -0.0417. The van der Waals surface area contributed by atoms with Crippen molar-refractivity contribution in [1.29, 1.82) is 0 Å². The molecule has 1 unspecified atom stereocenters. The lowest BCUT2D eigenvalue weighted by Gasteiger charge is -2.12. The van der Waals surface area contributed by atoms with Crippen molar-refractivity contribution in [1.82, 2.24) is 10.3 Å². The van der Waals surface area contributed by atoms with Crippen molar-refractivity contribution in [2.24, 2.45) is 5.84 Å². The van der Waals surface area contributed by atoms with Gasteiger partial charge in [0.25, 0.3) is 0 Å². The van der Waals surface area contributed by atoms with Crippen molar-refractivity contribution in [2.75, 3.05) is 0 Å². The molecule has 0 radical (unpaired) electrons. The van der Waals surface area contributed by atoms with Crippen LogP contribution >= 0.6 is 12.6 Å². The van der Waals surface area contributed by atoms with Crippen LogP contribution in [0.15, 0.2) is 12.4 Å². The van der Waals surface area contributed by atoms with Gasteiger partial charge in [0.1, 0.15) is 0 Å². The first-order valence-corrected chi connectivity index (χ1v) is 2.46. The first-order valence-electron chi connectivity index (χ1n) is 1.94. The summed E-state index contributed by atoms with van der Waals surface area (Å²) >= 11 is 4.01. The number of hydrazine groups is 1. The van der Waals surface area contributed by atoms with Crippen LogP contribution in [0.5, 0.6) is 0 Å². The van der Waals surface area contributed by atoms with Gasteiger partial charge in [-0.05, 0) is 0 Å². The molecule has 0 aromatic carbocycles. The van der Waals surface area contributed by atoms with E-state index in [1.165, 1.54) is 5.01 Å². The maximum absolute atomic E-state index is 5.29. The number of thiol groups is 1. The lowest BCUT2D eigenvalue weighted by atomic mass is 10.9. The molecule has 7 heavy (non-hydrogen) atoms. The molecule has 1 aliphatic rings. The van der Waals surface area contributed by atoms with E-state index in [1.54, 1.807) is 12.4 Å². The van der Waals surface area contributed by atoms with Crippen molar-refractivity contribution in [3.8, 4) is 0 Å². The molecule has 0 amide bonds. The minimum absolute atomic E-state index is 0.0417. The molecule has 0 fully saturated rings. The van der Waals surface area contributed by atoms with Crippen LogP contribution in [0, 0.1) is 0 Å². The van der Waals surface area contributed by atoms with Gasteiger partial charge in [-0.25, -0.2) is 5.84 Å². The molecule has 1 atom stereocenters. The topological polar surface area (TPSA) is 41.3 Å². The van der Waals surface area contributed by atoms with Crippen molar-refractivity contribution in [3.63, 3.8) is 0 Å². The summed E-state index contributed by atoms with van der Waals surface area (Å²) in [4.78, 5) is 0. The van der Waals surface area contributed by atoms with E-state index in [2.05, 4.69) is 17.9 Å². The van der Waals surface area contributed by atoms with Crippen LogP contribution in [-0.4, -0.2) is 10.5 Å². The predicted molar refractivity (Wildman–Crippen MR) is 31.1 cm³/mol. The zero-order chi connectivity index (χ0) is 5.28. The Bertz CT molecular complexity index is 92.2. The molecule has 40 valence electrons. The maximum Gasteiger partial charge on any atom is 0.158 e. The third-order valence-electron chi connectivity index (χ3n) is 0.774. The molecule has 1 heterocycles. The molecule has 3 nitrogen and oxygen atoms in total. The fourth-order valence-corrected chi connectivity index (χ4v) is 0.546. The Hall–Kier alpha value is -0.350. The van der Waals surface area contributed by atoms with E-state index in [-0.39, 0.29) is 5.50 Å². The van der Waals surface area contributed by atoms with Crippen molar-refractivity contribution < 1.29 is 0 Å². The minimum Gasteiger partial charge on any atom is -0.361 e. The average molecular weight is 117 g/mol. The highest BCUT2D eigenvalue weighted by atomic mass is 32.1. The van der Waals surface area contributed by atoms with E-state index in [4.69, 9.17) is 5.84 Å². The molecule has 4 heteroatoms. The highest BCUT2D eigenvalue weighted by Gasteiger charge is 2.07. The number of hydrogen-bond acceptors (Lipinski definition) is 4. The van der Waals surface area contributed by atoms with Crippen LogP contribution in [0.1, 0.15) is 0 Å². The standard InChI is InChI=1S/C3H7N3S/c4-6-2-1-5-3(6)7/h1-3,5,7H,4H2. The van der Waals surface area contributed by atoms with E-state index in [0.29, 0.717) is 0 Å². The van der Waals surface area contributed by atoms with Crippen LogP contribution in [0.4, 0.5) is 0 Å². The van der Waals surface area contributed by atoms with E-state index < -0.39 is 0 Å². The molecular weight excluding hydrogens is 110 g/mol. The molecule has 0 bridgehead atoms. The van der Waals surface area contributed by atoms with Gasteiger partial charge in [0.05, 0.1) is 0 Å². The Balaban J connectivity index is 2.45. The van der Waals surface area contributed by atoms with Crippen molar-refractivity contribution in [3.05, 3.63) is 12.4 Å². The van der Waals surface area contributed by atoms with Gasteiger partial charge in [-0.3, -0.25) is 5.01 Å². The quantitative estimate of drug-likeness (QED) is 0.294. The molecule has 0 saturated carbocycles. The number of hydrogen-bond donors (Lipinski definition) is 3. The molecule has 0 saturated heterocycles. The second-order valence-electron chi connectivity index (χ2n) is 1.30. The fraction of sp³-hybridized carbons (Fsp3) is 0.333. The summed E-state index contributed by atoms with van der Waals surface area (Å²) in [6.45, 7) is 0. The van der Waals surface area contributed by atoms with Gasteiger partial charge in [-0.1, -0.05) is 0 Å². The smallest absolute Gasteiger partial charge is 0.158 e. The Morgan fingerprint density at radius 3 is 2.71 bits per heavy atom. The number of rotatable bonds is 0. The van der Waals surface area contributed by atoms with E-state index in [0.717, 1.165) is 0 Å². The molecule has 0 aliphatic carbocycles. The van der Waals surface area contributed by atoms with Gasteiger partial charge in [0, 0.05) is 12.4 Å². The molecular formula is C3H7N3S. The van der Waals surface area contributed by atoms with Crippen LogP contribution < -0.4 is 11.2 Å². The van der Waals surface area contributed by atoms with E-state index in [1.807, 2.05) is 0 Å². The summed E-state index contributed by atoms with van der Waals surface area (Å²) < 4.78 is 0. The molecule has 0 aromatic heterocycles. The Labute approximate surface area is 47.5 Å². The van der Waals surface area contributed by atoms with Crippen LogP contribution in [0.2, 0.25) is 0 Å².